The third-order valence-corrected chi connectivity index (χ3v) is 3.24. The van der Waals surface area contributed by atoms with Gasteiger partial charge in [0.25, 0.3) is 0 Å². The van der Waals surface area contributed by atoms with Crippen molar-refractivity contribution >= 4 is 17.3 Å². The molecule has 21 heavy (non-hydrogen) atoms. The topological polar surface area (TPSA) is 72.6 Å². The number of benzene rings is 2. The number of nitrogens with zero attached hydrogens (tertiary/aromatic N) is 1. The Kier molecular flexibility index (Phi) is 4.77. The highest BCUT2D eigenvalue weighted by Crippen LogP contribution is 2.36. The monoisotopic (exact) mass is 307 g/mol. The van der Waals surface area contributed by atoms with Crippen LogP contribution < -0.4 is 4.74 Å². The quantitative estimate of drug-likeness (QED) is 0.652. The first-order valence-corrected chi connectivity index (χ1v) is 6.79. The van der Waals surface area contributed by atoms with Crippen molar-refractivity contribution in [1.82, 2.24) is 0 Å². The van der Waals surface area contributed by atoms with Crippen LogP contribution in [-0.2, 0) is 0 Å². The fourth-order valence-corrected chi connectivity index (χ4v) is 2.07. The summed E-state index contributed by atoms with van der Waals surface area (Å²) in [6.07, 6.45) is -0.170. The first kappa shape index (κ1) is 15.3. The summed E-state index contributed by atoms with van der Waals surface area (Å²) in [6.45, 7) is 1.84. The number of rotatable bonds is 5. The van der Waals surface area contributed by atoms with Crippen molar-refractivity contribution in [3.8, 4) is 11.5 Å². The van der Waals surface area contributed by atoms with E-state index < -0.39 is 11.0 Å². The highest BCUT2D eigenvalue weighted by molar-refractivity contribution is 6.30. The lowest BCUT2D eigenvalue weighted by molar-refractivity contribution is -0.385. The molecule has 0 amide bonds. The summed E-state index contributed by atoms with van der Waals surface area (Å²) in [5.41, 5.74) is 0.368. The molecule has 0 saturated carbocycles. The zero-order valence-electron chi connectivity index (χ0n) is 11.3. The standard InChI is InChI=1S/C15H14ClNO4/c1-2-13(18)11-5-3-4-6-14(11)21-15-8-7-10(16)9-12(15)17(19)20/h3-9,13,18H,2H2,1H3/t13-/m0/s1. The number of nitro benzene ring substituents is 1. The number of hydrogen-bond acceptors (Lipinski definition) is 4. The van der Waals surface area contributed by atoms with E-state index in [0.29, 0.717) is 17.7 Å². The zero-order valence-corrected chi connectivity index (χ0v) is 12.1. The molecule has 0 aliphatic carbocycles. The molecule has 0 aliphatic rings. The average molecular weight is 308 g/mol. The number of aliphatic hydroxyl groups is 1. The molecule has 0 heterocycles. The molecule has 2 aromatic carbocycles. The van der Waals surface area contributed by atoms with Gasteiger partial charge in [-0.2, -0.15) is 0 Å². The van der Waals surface area contributed by atoms with Crippen LogP contribution in [0.1, 0.15) is 25.0 Å². The van der Waals surface area contributed by atoms with Gasteiger partial charge in [-0.05, 0) is 24.6 Å². The van der Waals surface area contributed by atoms with Crippen LogP contribution >= 0.6 is 11.6 Å². The summed E-state index contributed by atoms with van der Waals surface area (Å²) >= 11 is 5.77. The second kappa shape index (κ2) is 6.56. The maximum atomic E-state index is 11.1. The molecule has 1 atom stereocenters. The highest BCUT2D eigenvalue weighted by Gasteiger charge is 2.19. The van der Waals surface area contributed by atoms with Crippen LogP contribution in [0.4, 0.5) is 5.69 Å². The van der Waals surface area contributed by atoms with Crippen LogP contribution in [-0.4, -0.2) is 10.0 Å². The molecule has 5 nitrogen and oxygen atoms in total. The third-order valence-electron chi connectivity index (χ3n) is 3.00. The summed E-state index contributed by atoms with van der Waals surface area (Å²) in [5.74, 6) is 0.470. The Morgan fingerprint density at radius 1 is 1.29 bits per heavy atom. The van der Waals surface area contributed by atoms with Gasteiger partial charge >= 0.3 is 5.69 Å². The van der Waals surface area contributed by atoms with Crippen LogP contribution in [0.3, 0.4) is 0 Å². The van der Waals surface area contributed by atoms with Crippen molar-refractivity contribution < 1.29 is 14.8 Å². The molecule has 0 aromatic heterocycles. The van der Waals surface area contributed by atoms with E-state index in [1.165, 1.54) is 18.2 Å². The normalized spacial score (nSPS) is 12.0. The summed E-state index contributed by atoms with van der Waals surface area (Å²) in [5, 5.41) is 21.3. The first-order chi connectivity index (χ1) is 10.0. The minimum Gasteiger partial charge on any atom is -0.450 e. The van der Waals surface area contributed by atoms with E-state index in [1.54, 1.807) is 24.3 Å². The van der Waals surface area contributed by atoms with Crippen molar-refractivity contribution in [2.24, 2.45) is 0 Å². The van der Waals surface area contributed by atoms with Gasteiger partial charge < -0.3 is 9.84 Å². The van der Waals surface area contributed by atoms with Gasteiger partial charge in [-0.3, -0.25) is 10.1 Å². The number of aliphatic hydroxyl groups excluding tert-OH is 1. The summed E-state index contributed by atoms with van der Waals surface area (Å²) in [7, 11) is 0. The van der Waals surface area contributed by atoms with E-state index in [0.717, 1.165) is 0 Å². The van der Waals surface area contributed by atoms with Gasteiger partial charge in [-0.15, -0.1) is 0 Å². The highest BCUT2D eigenvalue weighted by atomic mass is 35.5. The fourth-order valence-electron chi connectivity index (χ4n) is 1.91. The molecular formula is C15H14ClNO4. The Morgan fingerprint density at radius 3 is 2.67 bits per heavy atom. The molecule has 2 aromatic rings. The minimum absolute atomic E-state index is 0.0835. The largest absolute Gasteiger partial charge is 0.450 e. The molecule has 0 fully saturated rings. The zero-order chi connectivity index (χ0) is 15.4. The lowest BCUT2D eigenvalue weighted by atomic mass is 10.1. The van der Waals surface area contributed by atoms with E-state index in [1.807, 2.05) is 6.92 Å². The molecule has 0 saturated heterocycles. The second-order valence-corrected chi connectivity index (χ2v) is 4.87. The average Bonchev–Trinajstić information content (AvgIpc) is 2.48. The van der Waals surface area contributed by atoms with Crippen molar-refractivity contribution in [3.63, 3.8) is 0 Å². The van der Waals surface area contributed by atoms with Gasteiger partial charge in [0.15, 0.2) is 0 Å². The van der Waals surface area contributed by atoms with E-state index >= 15 is 0 Å². The molecule has 0 radical (unpaired) electrons. The summed E-state index contributed by atoms with van der Waals surface area (Å²) in [4.78, 5) is 10.5. The predicted octanol–water partition coefficient (Wildman–Crippen LogP) is 4.48. The van der Waals surface area contributed by atoms with Crippen LogP contribution in [0.5, 0.6) is 11.5 Å². The number of halogens is 1. The van der Waals surface area contributed by atoms with Crippen molar-refractivity contribution in [3.05, 3.63) is 63.2 Å². The number of ether oxygens (including phenoxy) is 1. The third kappa shape index (κ3) is 3.51. The van der Waals surface area contributed by atoms with Gasteiger partial charge in [0.2, 0.25) is 5.75 Å². The number of nitro groups is 1. The Morgan fingerprint density at radius 2 is 2.00 bits per heavy atom. The maximum absolute atomic E-state index is 11.1. The predicted molar refractivity (Wildman–Crippen MR) is 79.9 cm³/mol. The van der Waals surface area contributed by atoms with E-state index in [9.17, 15) is 15.2 Å². The molecule has 110 valence electrons. The molecule has 6 heteroatoms. The summed E-state index contributed by atoms with van der Waals surface area (Å²) in [6, 6.07) is 11.1. The van der Waals surface area contributed by atoms with Gasteiger partial charge in [-0.25, -0.2) is 0 Å². The lowest BCUT2D eigenvalue weighted by Crippen LogP contribution is -2.00. The smallest absolute Gasteiger partial charge is 0.313 e. The molecule has 0 spiro atoms. The van der Waals surface area contributed by atoms with Crippen molar-refractivity contribution in [2.75, 3.05) is 0 Å². The fraction of sp³-hybridized carbons (Fsp3) is 0.200. The SMILES string of the molecule is CC[C@H](O)c1ccccc1Oc1ccc(Cl)cc1[N+](=O)[O-]. The van der Waals surface area contributed by atoms with Crippen LogP contribution in [0.2, 0.25) is 5.02 Å². The lowest BCUT2D eigenvalue weighted by Gasteiger charge is -2.14. The van der Waals surface area contributed by atoms with Crippen molar-refractivity contribution in [2.45, 2.75) is 19.4 Å². The number of hydrogen-bond donors (Lipinski definition) is 1. The molecule has 1 N–H and O–H groups in total. The van der Waals surface area contributed by atoms with Crippen LogP contribution in [0.15, 0.2) is 42.5 Å². The molecule has 0 aliphatic heterocycles. The minimum atomic E-state index is -0.687. The second-order valence-electron chi connectivity index (χ2n) is 4.43. The van der Waals surface area contributed by atoms with Crippen molar-refractivity contribution in [1.29, 1.82) is 0 Å². The first-order valence-electron chi connectivity index (χ1n) is 6.41. The Bertz CT molecular complexity index is 660. The van der Waals surface area contributed by atoms with Gasteiger partial charge in [0.1, 0.15) is 5.75 Å². The van der Waals surface area contributed by atoms with Gasteiger partial charge in [0.05, 0.1) is 11.0 Å². The van der Waals surface area contributed by atoms with E-state index in [2.05, 4.69) is 0 Å². The Hall–Kier alpha value is -2.11. The number of para-hydroxylation sites is 1. The molecule has 0 bridgehead atoms. The molecular weight excluding hydrogens is 294 g/mol. The molecule has 2 rings (SSSR count). The summed E-state index contributed by atoms with van der Waals surface area (Å²) < 4.78 is 5.62. The Labute approximate surface area is 126 Å². The van der Waals surface area contributed by atoms with Crippen LogP contribution in [0.25, 0.3) is 0 Å². The van der Waals surface area contributed by atoms with Gasteiger partial charge in [0, 0.05) is 16.7 Å². The maximum Gasteiger partial charge on any atom is 0.313 e. The van der Waals surface area contributed by atoms with Crippen LogP contribution in [0, 0.1) is 10.1 Å². The van der Waals surface area contributed by atoms with Gasteiger partial charge in [-0.1, -0.05) is 36.7 Å². The molecule has 0 unspecified atom stereocenters. The van der Waals surface area contributed by atoms with E-state index in [4.69, 9.17) is 16.3 Å². The van der Waals surface area contributed by atoms with E-state index in [-0.39, 0.29) is 16.5 Å². The Balaban J connectivity index is 2.41.